The molecule has 2 aromatic heterocycles. The maximum Gasteiger partial charge on any atom is 0.159 e. The van der Waals surface area contributed by atoms with Crippen LogP contribution in [0.1, 0.15) is 0 Å². The van der Waals surface area contributed by atoms with Gasteiger partial charge in [-0.15, -0.1) is 0 Å². The largest absolute Gasteiger partial charge is 0.340 e. The normalized spacial score (nSPS) is 10.1. The van der Waals surface area contributed by atoms with Crippen molar-refractivity contribution in [3.05, 3.63) is 67.1 Å². The van der Waals surface area contributed by atoms with Gasteiger partial charge in [0.2, 0.25) is 0 Å². The number of anilines is 2. The second-order valence-electron chi connectivity index (χ2n) is 3.99. The van der Waals surface area contributed by atoms with Gasteiger partial charge in [0.05, 0.1) is 0 Å². The van der Waals surface area contributed by atoms with Gasteiger partial charge in [-0.1, -0.05) is 18.2 Å². The molecule has 0 atom stereocenters. The van der Waals surface area contributed by atoms with E-state index >= 15 is 0 Å². The summed E-state index contributed by atoms with van der Waals surface area (Å²) in [5, 5.41) is 3.25. The van der Waals surface area contributed by atoms with E-state index in [4.69, 9.17) is 0 Å². The van der Waals surface area contributed by atoms with E-state index in [1.807, 2.05) is 42.5 Å². The first-order chi connectivity index (χ1) is 9.42. The first-order valence-corrected chi connectivity index (χ1v) is 5.97. The number of nitrogens with one attached hydrogen (secondary N) is 1. The van der Waals surface area contributed by atoms with Crippen molar-refractivity contribution in [2.24, 2.45) is 0 Å². The van der Waals surface area contributed by atoms with E-state index in [0.29, 0.717) is 5.82 Å². The fraction of sp³-hybridized carbons (Fsp3) is 0. The summed E-state index contributed by atoms with van der Waals surface area (Å²) in [5.74, 6) is 1.47. The highest BCUT2D eigenvalue weighted by atomic mass is 15.0. The van der Waals surface area contributed by atoms with Crippen LogP contribution in [-0.2, 0) is 0 Å². The van der Waals surface area contributed by atoms with Gasteiger partial charge >= 0.3 is 0 Å². The van der Waals surface area contributed by atoms with Crippen LogP contribution in [0.3, 0.4) is 0 Å². The molecule has 0 amide bonds. The second kappa shape index (κ2) is 5.27. The number of hydrogen-bond donors (Lipinski definition) is 1. The molecule has 1 N–H and O–H groups in total. The van der Waals surface area contributed by atoms with Crippen LogP contribution < -0.4 is 5.32 Å². The van der Waals surface area contributed by atoms with E-state index in [0.717, 1.165) is 17.1 Å². The number of benzene rings is 1. The zero-order valence-corrected chi connectivity index (χ0v) is 10.2. The van der Waals surface area contributed by atoms with Crippen LogP contribution in [0.15, 0.2) is 67.1 Å². The third kappa shape index (κ3) is 2.74. The zero-order chi connectivity index (χ0) is 12.9. The van der Waals surface area contributed by atoms with Crippen LogP contribution in [0.4, 0.5) is 11.5 Å². The highest BCUT2D eigenvalue weighted by molar-refractivity contribution is 5.63. The molecule has 0 aliphatic carbocycles. The van der Waals surface area contributed by atoms with Gasteiger partial charge in [0, 0.05) is 29.8 Å². The minimum Gasteiger partial charge on any atom is -0.340 e. The first-order valence-electron chi connectivity index (χ1n) is 5.97. The topological polar surface area (TPSA) is 50.7 Å². The fourth-order valence-electron chi connectivity index (χ4n) is 1.76. The summed E-state index contributed by atoms with van der Waals surface area (Å²) < 4.78 is 0. The molecular formula is C15H12N4. The number of hydrogen-bond acceptors (Lipinski definition) is 4. The summed E-state index contributed by atoms with van der Waals surface area (Å²) in [6.07, 6.45) is 5.21. The molecule has 0 aliphatic rings. The Morgan fingerprint density at radius 3 is 2.32 bits per heavy atom. The van der Waals surface area contributed by atoms with Crippen molar-refractivity contribution >= 4 is 11.5 Å². The highest BCUT2D eigenvalue weighted by Gasteiger charge is 2.02. The van der Waals surface area contributed by atoms with Gasteiger partial charge in [-0.25, -0.2) is 15.0 Å². The van der Waals surface area contributed by atoms with Gasteiger partial charge in [-0.2, -0.15) is 0 Å². The average Bonchev–Trinajstić information content (AvgIpc) is 2.49. The zero-order valence-electron chi connectivity index (χ0n) is 10.2. The highest BCUT2D eigenvalue weighted by Crippen LogP contribution is 2.19. The maximum atomic E-state index is 4.29. The summed E-state index contributed by atoms with van der Waals surface area (Å²) in [7, 11) is 0. The number of pyridine rings is 1. The molecule has 0 fully saturated rings. The molecule has 0 unspecified atom stereocenters. The Morgan fingerprint density at radius 1 is 0.737 bits per heavy atom. The smallest absolute Gasteiger partial charge is 0.159 e. The maximum absolute atomic E-state index is 4.29. The Labute approximate surface area is 111 Å². The molecule has 1 aromatic carbocycles. The summed E-state index contributed by atoms with van der Waals surface area (Å²) in [6.45, 7) is 0. The summed E-state index contributed by atoms with van der Waals surface area (Å²) in [4.78, 5) is 12.8. The van der Waals surface area contributed by atoms with Crippen molar-refractivity contribution in [2.75, 3.05) is 5.32 Å². The molecule has 4 nitrogen and oxygen atoms in total. The molecule has 0 saturated heterocycles. The van der Waals surface area contributed by atoms with Crippen molar-refractivity contribution in [2.45, 2.75) is 0 Å². The fourth-order valence-corrected chi connectivity index (χ4v) is 1.76. The van der Waals surface area contributed by atoms with E-state index in [1.54, 1.807) is 24.7 Å². The van der Waals surface area contributed by atoms with Gasteiger partial charge in [0.1, 0.15) is 5.82 Å². The minimum absolute atomic E-state index is 0.695. The number of aromatic nitrogens is 3. The van der Waals surface area contributed by atoms with Crippen LogP contribution in [0.2, 0.25) is 0 Å². The lowest BCUT2D eigenvalue weighted by Gasteiger charge is -2.06. The molecule has 2 heterocycles. The van der Waals surface area contributed by atoms with E-state index in [2.05, 4.69) is 20.3 Å². The van der Waals surface area contributed by atoms with Gasteiger partial charge in [-0.3, -0.25) is 0 Å². The van der Waals surface area contributed by atoms with E-state index in [1.165, 1.54) is 0 Å². The SMILES string of the molecule is c1ccc(Nc2cc(-c3ncccn3)ccn2)cc1. The van der Waals surface area contributed by atoms with Gasteiger partial charge in [0.15, 0.2) is 5.82 Å². The van der Waals surface area contributed by atoms with Crippen LogP contribution in [0.5, 0.6) is 0 Å². The standard InChI is InChI=1S/C15H12N4/c1-2-5-13(6-3-1)19-14-11-12(7-10-16-14)15-17-8-4-9-18-15/h1-11H,(H,16,19). The van der Waals surface area contributed by atoms with Crippen LogP contribution in [0, 0.1) is 0 Å². The molecule has 0 spiro atoms. The lowest BCUT2D eigenvalue weighted by molar-refractivity contribution is 1.17. The van der Waals surface area contributed by atoms with Crippen LogP contribution >= 0.6 is 0 Å². The van der Waals surface area contributed by atoms with E-state index in [9.17, 15) is 0 Å². The molecule has 0 aliphatic heterocycles. The van der Waals surface area contributed by atoms with Gasteiger partial charge < -0.3 is 5.32 Å². The quantitative estimate of drug-likeness (QED) is 0.772. The molecule has 0 saturated carbocycles. The lowest BCUT2D eigenvalue weighted by atomic mass is 10.2. The summed E-state index contributed by atoms with van der Waals surface area (Å²) in [6, 6.07) is 15.5. The number of nitrogens with zero attached hydrogens (tertiary/aromatic N) is 3. The Bertz CT molecular complexity index is 653. The third-order valence-electron chi connectivity index (χ3n) is 2.63. The molecule has 4 heteroatoms. The van der Waals surface area contributed by atoms with E-state index in [-0.39, 0.29) is 0 Å². The Kier molecular flexibility index (Phi) is 3.14. The van der Waals surface area contributed by atoms with Crippen LogP contribution in [0.25, 0.3) is 11.4 Å². The summed E-state index contributed by atoms with van der Waals surface area (Å²) in [5.41, 5.74) is 1.94. The minimum atomic E-state index is 0.695. The Morgan fingerprint density at radius 2 is 1.53 bits per heavy atom. The number of para-hydroxylation sites is 1. The molecular weight excluding hydrogens is 236 g/mol. The molecule has 92 valence electrons. The summed E-state index contributed by atoms with van der Waals surface area (Å²) >= 11 is 0. The third-order valence-corrected chi connectivity index (χ3v) is 2.63. The monoisotopic (exact) mass is 248 g/mol. The lowest BCUT2D eigenvalue weighted by Crippen LogP contribution is -1.94. The Balaban J connectivity index is 1.89. The number of rotatable bonds is 3. The molecule has 3 aromatic rings. The van der Waals surface area contributed by atoms with Crippen LogP contribution in [-0.4, -0.2) is 15.0 Å². The molecule has 0 radical (unpaired) electrons. The van der Waals surface area contributed by atoms with Gasteiger partial charge in [-0.05, 0) is 30.3 Å². The van der Waals surface area contributed by atoms with E-state index < -0.39 is 0 Å². The predicted octanol–water partition coefficient (Wildman–Crippen LogP) is 3.28. The predicted molar refractivity (Wildman–Crippen MR) is 75.0 cm³/mol. The van der Waals surface area contributed by atoms with Crippen molar-refractivity contribution in [1.82, 2.24) is 15.0 Å². The average molecular weight is 248 g/mol. The molecule has 19 heavy (non-hydrogen) atoms. The van der Waals surface area contributed by atoms with Crippen molar-refractivity contribution < 1.29 is 0 Å². The first kappa shape index (κ1) is 11.3. The second-order valence-corrected chi connectivity index (χ2v) is 3.99. The molecule has 0 bridgehead atoms. The van der Waals surface area contributed by atoms with Crippen molar-refractivity contribution in [3.63, 3.8) is 0 Å². The Hall–Kier alpha value is -2.75. The van der Waals surface area contributed by atoms with Gasteiger partial charge in [0.25, 0.3) is 0 Å². The van der Waals surface area contributed by atoms with Crippen molar-refractivity contribution in [3.8, 4) is 11.4 Å². The van der Waals surface area contributed by atoms with Crippen molar-refractivity contribution in [1.29, 1.82) is 0 Å². The molecule has 3 rings (SSSR count).